The molecule has 2 saturated heterocycles. The normalized spacial score (nSPS) is 17.8. The molecule has 2 N–H and O–H groups in total. The number of hydrogen-bond donors (Lipinski definition) is 2. The average Bonchev–Trinajstić information content (AvgIpc) is 3.49. The Morgan fingerprint density at radius 1 is 1.12 bits per heavy atom. The molecule has 32 heavy (non-hydrogen) atoms. The maximum Gasteiger partial charge on any atom is 0.231 e. The molecule has 3 heterocycles. The Labute approximate surface area is 201 Å². The summed E-state index contributed by atoms with van der Waals surface area (Å²) in [5.41, 5.74) is 1.17. The first-order chi connectivity index (χ1) is 15.6. The van der Waals surface area contributed by atoms with E-state index in [0.29, 0.717) is 6.79 Å². The molecule has 1 aromatic rings. The summed E-state index contributed by atoms with van der Waals surface area (Å²) in [6.45, 7) is 6.71. The van der Waals surface area contributed by atoms with Crippen molar-refractivity contribution in [3.8, 4) is 11.5 Å². The van der Waals surface area contributed by atoms with Gasteiger partial charge in [0.05, 0.1) is 0 Å². The maximum atomic E-state index is 12.3. The molecule has 0 spiro atoms. The lowest BCUT2D eigenvalue weighted by molar-refractivity contribution is -0.125. The molecule has 6 nitrogen and oxygen atoms in total. The Morgan fingerprint density at radius 3 is 2.44 bits per heavy atom. The summed E-state index contributed by atoms with van der Waals surface area (Å²) in [4.78, 5) is 9.79. The SMILES string of the molecule is C1CSCN1.CCCCCCCC[S+]([O-])C(C)Cc1ccc2c(c1)OCO2.O=C1CCN1. The number of thioether (sulfide) groups is 1. The minimum absolute atomic E-state index is 0.185. The molecule has 2 atom stereocenters. The Balaban J connectivity index is 0.000000294. The molecule has 1 aromatic carbocycles. The molecule has 8 heteroatoms. The van der Waals surface area contributed by atoms with Crippen LogP contribution in [0, 0.1) is 0 Å². The highest BCUT2D eigenvalue weighted by molar-refractivity contribution is 7.99. The number of hydrogen-bond acceptors (Lipinski definition) is 6. The minimum Gasteiger partial charge on any atom is -0.616 e. The van der Waals surface area contributed by atoms with Gasteiger partial charge < -0.3 is 24.7 Å². The molecule has 0 saturated carbocycles. The first kappa shape index (κ1) is 27.2. The number of carbonyl (C=O) groups is 1. The van der Waals surface area contributed by atoms with E-state index in [1.54, 1.807) is 0 Å². The van der Waals surface area contributed by atoms with Gasteiger partial charge in [-0.2, -0.15) is 0 Å². The largest absolute Gasteiger partial charge is 0.616 e. The number of amides is 1. The van der Waals surface area contributed by atoms with E-state index < -0.39 is 11.2 Å². The Hall–Kier alpha value is -1.09. The molecule has 0 bridgehead atoms. The number of nitrogens with one attached hydrogen (secondary N) is 2. The van der Waals surface area contributed by atoms with E-state index in [9.17, 15) is 9.35 Å². The third-order valence-electron chi connectivity index (χ3n) is 5.41. The van der Waals surface area contributed by atoms with Crippen molar-refractivity contribution in [3.05, 3.63) is 23.8 Å². The van der Waals surface area contributed by atoms with Crippen LogP contribution in [-0.2, 0) is 22.4 Å². The Bertz CT molecular complexity index is 645. The van der Waals surface area contributed by atoms with E-state index in [0.717, 1.165) is 43.1 Å². The van der Waals surface area contributed by atoms with Crippen molar-refractivity contribution < 1.29 is 18.8 Å². The average molecular weight is 485 g/mol. The topological polar surface area (TPSA) is 82.7 Å². The molecular formula is C24H40N2O4S2. The third-order valence-corrected chi connectivity index (χ3v) is 8.07. The van der Waals surface area contributed by atoms with Crippen LogP contribution in [0.3, 0.4) is 0 Å². The number of unbranched alkanes of at least 4 members (excludes halogenated alkanes) is 5. The summed E-state index contributed by atoms with van der Waals surface area (Å²) in [6, 6.07) is 6.01. The third kappa shape index (κ3) is 11.2. The highest BCUT2D eigenvalue weighted by Crippen LogP contribution is 2.33. The number of β-lactam (4-membered cyclic amide) rings is 1. The van der Waals surface area contributed by atoms with Crippen LogP contribution in [0.25, 0.3) is 0 Å². The second-order valence-corrected chi connectivity index (χ2v) is 11.3. The first-order valence-corrected chi connectivity index (χ1v) is 14.4. The fourth-order valence-corrected chi connectivity index (χ4v) is 5.30. The minimum atomic E-state index is -0.743. The maximum absolute atomic E-state index is 12.3. The molecule has 0 radical (unpaired) electrons. The van der Waals surface area contributed by atoms with Crippen LogP contribution >= 0.6 is 11.8 Å². The van der Waals surface area contributed by atoms with Crippen molar-refractivity contribution in [3.63, 3.8) is 0 Å². The van der Waals surface area contributed by atoms with Gasteiger partial charge in [-0.15, -0.1) is 11.8 Å². The van der Waals surface area contributed by atoms with Gasteiger partial charge in [0.25, 0.3) is 0 Å². The quantitative estimate of drug-likeness (QED) is 0.294. The molecule has 3 aliphatic heterocycles. The van der Waals surface area contributed by atoms with Gasteiger partial charge in [0.2, 0.25) is 12.7 Å². The summed E-state index contributed by atoms with van der Waals surface area (Å²) in [5, 5.41) is 5.95. The summed E-state index contributed by atoms with van der Waals surface area (Å²) in [7, 11) is 0. The predicted molar refractivity (Wildman–Crippen MR) is 135 cm³/mol. The van der Waals surface area contributed by atoms with Crippen LogP contribution in [0.1, 0.15) is 64.4 Å². The molecule has 2 unspecified atom stereocenters. The number of rotatable bonds is 10. The molecule has 0 aliphatic carbocycles. The molecule has 4 rings (SSSR count). The van der Waals surface area contributed by atoms with Crippen molar-refractivity contribution in [1.29, 1.82) is 0 Å². The van der Waals surface area contributed by atoms with Crippen LogP contribution in [0.2, 0.25) is 0 Å². The van der Waals surface area contributed by atoms with Gasteiger partial charge in [-0.3, -0.25) is 4.79 Å². The van der Waals surface area contributed by atoms with Crippen LogP contribution in [0.15, 0.2) is 18.2 Å². The van der Waals surface area contributed by atoms with Gasteiger partial charge in [-0.1, -0.05) is 49.8 Å². The molecule has 182 valence electrons. The monoisotopic (exact) mass is 484 g/mol. The zero-order valence-corrected chi connectivity index (χ0v) is 21.3. The van der Waals surface area contributed by atoms with Crippen LogP contribution in [0.5, 0.6) is 11.5 Å². The van der Waals surface area contributed by atoms with Crippen LogP contribution in [-0.4, -0.2) is 53.0 Å². The summed E-state index contributed by atoms with van der Waals surface area (Å²) >= 11 is 1.22. The zero-order valence-electron chi connectivity index (χ0n) is 19.7. The number of carbonyl (C=O) groups excluding carboxylic acids is 1. The van der Waals surface area contributed by atoms with E-state index in [1.165, 1.54) is 55.8 Å². The summed E-state index contributed by atoms with van der Waals surface area (Å²) in [5.74, 6) is 5.11. The van der Waals surface area contributed by atoms with Crippen LogP contribution in [0.4, 0.5) is 0 Å². The highest BCUT2D eigenvalue weighted by atomic mass is 32.2. The number of ether oxygens (including phenoxy) is 2. The molecule has 3 aliphatic rings. The van der Waals surface area contributed by atoms with Crippen molar-refractivity contribution in [2.24, 2.45) is 0 Å². The van der Waals surface area contributed by atoms with E-state index in [2.05, 4.69) is 24.5 Å². The van der Waals surface area contributed by atoms with Gasteiger partial charge in [-0.05, 0) is 37.5 Å². The summed E-state index contributed by atoms with van der Waals surface area (Å²) < 4.78 is 23.0. The van der Waals surface area contributed by atoms with Crippen molar-refractivity contribution in [2.75, 3.05) is 37.3 Å². The van der Waals surface area contributed by atoms with Gasteiger partial charge >= 0.3 is 0 Å². The lowest BCUT2D eigenvalue weighted by Gasteiger charge is -2.18. The lowest BCUT2D eigenvalue weighted by atomic mass is 10.1. The number of fused-ring (bicyclic) bond motifs is 1. The lowest BCUT2D eigenvalue weighted by Crippen LogP contribution is -2.37. The van der Waals surface area contributed by atoms with E-state index >= 15 is 0 Å². The Morgan fingerprint density at radius 2 is 1.84 bits per heavy atom. The van der Waals surface area contributed by atoms with Gasteiger partial charge in [-0.25, -0.2) is 0 Å². The molecule has 2 fully saturated rings. The standard InChI is InChI=1S/C18H28O3S.C3H5NO.C3H7NS/c1-3-4-5-6-7-8-11-22(19)15(2)12-16-9-10-17-18(13-16)21-14-20-17;5-3-1-2-4-3;1-2-5-3-4-1/h9-10,13,15H,3-8,11-12,14H2,1-2H3;1-2H2,(H,4,5);4H,1-3H2. The van der Waals surface area contributed by atoms with E-state index in [1.807, 2.05) is 30.0 Å². The summed E-state index contributed by atoms with van der Waals surface area (Å²) in [6.07, 6.45) is 9.06. The second kappa shape index (κ2) is 16.5. The van der Waals surface area contributed by atoms with Gasteiger partial charge in [0.1, 0.15) is 11.0 Å². The first-order valence-electron chi connectivity index (χ1n) is 11.9. The van der Waals surface area contributed by atoms with Crippen molar-refractivity contribution in [2.45, 2.75) is 70.5 Å². The van der Waals surface area contributed by atoms with Crippen molar-refractivity contribution >= 4 is 28.8 Å². The van der Waals surface area contributed by atoms with E-state index in [4.69, 9.17) is 9.47 Å². The van der Waals surface area contributed by atoms with E-state index in [-0.39, 0.29) is 11.2 Å². The second-order valence-electron chi connectivity index (χ2n) is 8.21. The highest BCUT2D eigenvalue weighted by Gasteiger charge is 2.19. The zero-order chi connectivity index (χ0) is 23.0. The number of benzene rings is 1. The molecule has 0 aromatic heterocycles. The van der Waals surface area contributed by atoms with Gasteiger partial charge in [0.15, 0.2) is 11.5 Å². The smallest absolute Gasteiger partial charge is 0.231 e. The fourth-order valence-electron chi connectivity index (χ4n) is 3.31. The Kier molecular flexibility index (Phi) is 14.0. The predicted octanol–water partition coefficient (Wildman–Crippen LogP) is 4.24. The van der Waals surface area contributed by atoms with Crippen LogP contribution < -0.4 is 20.1 Å². The molecule has 1 amide bonds. The van der Waals surface area contributed by atoms with Gasteiger partial charge in [0, 0.05) is 37.6 Å². The fraction of sp³-hybridized carbons (Fsp3) is 0.708. The van der Waals surface area contributed by atoms with Crippen molar-refractivity contribution in [1.82, 2.24) is 10.6 Å². The molecular weight excluding hydrogens is 444 g/mol.